The van der Waals surface area contributed by atoms with E-state index in [-0.39, 0.29) is 5.56 Å². The number of carboxylic acid groups (broad SMARTS) is 1. The molecule has 0 heterocycles. The average Bonchev–Trinajstić information content (AvgIpc) is 2.59. The Kier molecular flexibility index (Phi) is 4.87. The highest BCUT2D eigenvalue weighted by Crippen LogP contribution is 2.27. The van der Waals surface area contributed by atoms with Gasteiger partial charge in [-0.15, -0.1) is 0 Å². The smallest absolute Gasteiger partial charge is 0.337 e. The molecular formula is C19H16ClNO3. The van der Waals surface area contributed by atoms with Crippen LogP contribution in [-0.2, 0) is 0 Å². The van der Waals surface area contributed by atoms with Crippen LogP contribution in [0.4, 0.5) is 5.69 Å². The molecule has 3 aromatic carbocycles. The van der Waals surface area contributed by atoms with E-state index in [0.29, 0.717) is 23.9 Å². The summed E-state index contributed by atoms with van der Waals surface area (Å²) in [7, 11) is 0. The van der Waals surface area contributed by atoms with E-state index in [2.05, 4.69) is 5.32 Å². The molecule has 0 fully saturated rings. The van der Waals surface area contributed by atoms with Gasteiger partial charge >= 0.3 is 5.97 Å². The van der Waals surface area contributed by atoms with Crippen molar-refractivity contribution in [2.75, 3.05) is 18.5 Å². The zero-order valence-electron chi connectivity index (χ0n) is 12.8. The normalized spacial score (nSPS) is 10.5. The van der Waals surface area contributed by atoms with Crippen LogP contribution in [0.5, 0.6) is 5.75 Å². The van der Waals surface area contributed by atoms with Crippen LogP contribution in [0.25, 0.3) is 10.8 Å². The molecule has 3 rings (SSSR count). The van der Waals surface area contributed by atoms with Gasteiger partial charge in [-0.25, -0.2) is 4.79 Å². The summed E-state index contributed by atoms with van der Waals surface area (Å²) in [6, 6.07) is 18.7. The molecule has 3 aromatic rings. The summed E-state index contributed by atoms with van der Waals surface area (Å²) in [6.45, 7) is 0.825. The van der Waals surface area contributed by atoms with Crippen LogP contribution in [0.15, 0.2) is 60.7 Å². The maximum absolute atomic E-state index is 11.2. The van der Waals surface area contributed by atoms with Crippen molar-refractivity contribution in [1.29, 1.82) is 0 Å². The lowest BCUT2D eigenvalue weighted by Crippen LogP contribution is -2.14. The largest absolute Gasteiger partial charge is 0.491 e. The molecule has 4 nitrogen and oxygen atoms in total. The molecule has 0 bridgehead atoms. The minimum Gasteiger partial charge on any atom is -0.491 e. The van der Waals surface area contributed by atoms with Crippen LogP contribution in [0.2, 0.25) is 5.02 Å². The van der Waals surface area contributed by atoms with Crippen LogP contribution >= 0.6 is 11.6 Å². The van der Waals surface area contributed by atoms with Crippen LogP contribution in [0, 0.1) is 0 Å². The van der Waals surface area contributed by atoms with Crippen LogP contribution in [-0.4, -0.2) is 24.2 Å². The number of nitrogens with one attached hydrogen (secondary N) is 1. The van der Waals surface area contributed by atoms with Gasteiger partial charge in [0.2, 0.25) is 0 Å². The molecule has 0 aliphatic heterocycles. The molecular weight excluding hydrogens is 326 g/mol. The number of para-hydroxylation sites is 1. The van der Waals surface area contributed by atoms with Crippen molar-refractivity contribution in [2.24, 2.45) is 0 Å². The van der Waals surface area contributed by atoms with Gasteiger partial charge in [-0.05, 0) is 23.6 Å². The Labute approximate surface area is 144 Å². The summed E-state index contributed by atoms with van der Waals surface area (Å²) in [5.41, 5.74) is 0.556. The molecule has 2 N–H and O–H groups in total. The Morgan fingerprint density at radius 2 is 1.79 bits per heavy atom. The number of benzene rings is 3. The van der Waals surface area contributed by atoms with Gasteiger partial charge in [-0.1, -0.05) is 54.1 Å². The van der Waals surface area contributed by atoms with Crippen LogP contribution in [0.1, 0.15) is 10.4 Å². The summed E-state index contributed by atoms with van der Waals surface area (Å²) in [6.07, 6.45) is 0. The minimum absolute atomic E-state index is 0.146. The average molecular weight is 342 g/mol. The number of rotatable bonds is 6. The SMILES string of the molecule is O=C(O)c1cccc(Cl)c1NCCOc1cccc2ccccc12. The van der Waals surface area contributed by atoms with Crippen LogP contribution in [0.3, 0.4) is 0 Å². The fourth-order valence-corrected chi connectivity index (χ4v) is 2.78. The van der Waals surface area contributed by atoms with Crippen LogP contribution < -0.4 is 10.1 Å². The number of fused-ring (bicyclic) bond motifs is 1. The van der Waals surface area contributed by atoms with Gasteiger partial charge in [0.05, 0.1) is 16.3 Å². The van der Waals surface area contributed by atoms with E-state index in [0.717, 1.165) is 16.5 Å². The highest BCUT2D eigenvalue weighted by Gasteiger charge is 2.12. The number of hydrogen-bond donors (Lipinski definition) is 2. The predicted octanol–water partition coefficient (Wildman–Crippen LogP) is 4.68. The van der Waals surface area contributed by atoms with Crippen molar-refractivity contribution in [3.05, 3.63) is 71.2 Å². The molecule has 122 valence electrons. The number of ether oxygens (including phenoxy) is 1. The Morgan fingerprint density at radius 3 is 2.62 bits per heavy atom. The van der Waals surface area contributed by atoms with Crippen molar-refractivity contribution in [3.63, 3.8) is 0 Å². The lowest BCUT2D eigenvalue weighted by atomic mass is 10.1. The molecule has 0 unspecified atom stereocenters. The Bertz CT molecular complexity index is 874. The summed E-state index contributed by atoms with van der Waals surface area (Å²) < 4.78 is 5.83. The second-order valence-corrected chi connectivity index (χ2v) is 5.63. The van der Waals surface area contributed by atoms with Crippen molar-refractivity contribution in [2.45, 2.75) is 0 Å². The maximum Gasteiger partial charge on any atom is 0.337 e. The van der Waals surface area contributed by atoms with Gasteiger partial charge < -0.3 is 15.2 Å². The molecule has 0 aliphatic rings. The summed E-state index contributed by atoms with van der Waals surface area (Å²) in [4.78, 5) is 11.2. The quantitative estimate of drug-likeness (QED) is 0.639. The van der Waals surface area contributed by atoms with E-state index in [1.807, 2.05) is 42.5 Å². The first-order valence-electron chi connectivity index (χ1n) is 7.53. The molecule has 0 radical (unpaired) electrons. The second-order valence-electron chi connectivity index (χ2n) is 5.22. The van der Waals surface area contributed by atoms with Gasteiger partial charge in [-0.3, -0.25) is 0 Å². The van der Waals surface area contributed by atoms with Gasteiger partial charge in [0.1, 0.15) is 12.4 Å². The fraction of sp³-hybridized carbons (Fsp3) is 0.105. The number of carboxylic acids is 1. The molecule has 0 aliphatic carbocycles. The Balaban J connectivity index is 1.67. The third-order valence-electron chi connectivity index (χ3n) is 3.66. The lowest BCUT2D eigenvalue weighted by Gasteiger charge is -2.13. The van der Waals surface area contributed by atoms with E-state index in [4.69, 9.17) is 16.3 Å². The molecule has 0 aromatic heterocycles. The Morgan fingerprint density at radius 1 is 1.04 bits per heavy atom. The van der Waals surface area contributed by atoms with Gasteiger partial charge in [0.25, 0.3) is 0 Å². The molecule has 0 saturated heterocycles. The first kappa shape index (κ1) is 16.1. The number of hydrogen-bond acceptors (Lipinski definition) is 3. The summed E-state index contributed by atoms with van der Waals surface area (Å²) >= 11 is 6.08. The van der Waals surface area contributed by atoms with E-state index in [1.165, 1.54) is 6.07 Å². The highest BCUT2D eigenvalue weighted by molar-refractivity contribution is 6.34. The summed E-state index contributed by atoms with van der Waals surface area (Å²) in [5.74, 6) is -0.220. The van der Waals surface area contributed by atoms with Gasteiger partial charge in [-0.2, -0.15) is 0 Å². The predicted molar refractivity (Wildman–Crippen MR) is 96.3 cm³/mol. The standard InChI is InChI=1S/C19H16ClNO3/c20-16-9-4-8-15(19(22)23)18(16)21-11-12-24-17-10-3-6-13-5-1-2-7-14(13)17/h1-10,21H,11-12H2,(H,22,23). The van der Waals surface area contributed by atoms with E-state index in [9.17, 15) is 9.90 Å². The molecule has 0 saturated carbocycles. The maximum atomic E-state index is 11.2. The Hall–Kier alpha value is -2.72. The van der Waals surface area contributed by atoms with Gasteiger partial charge in [0, 0.05) is 11.9 Å². The summed E-state index contributed by atoms with van der Waals surface area (Å²) in [5, 5.41) is 14.8. The highest BCUT2D eigenvalue weighted by atomic mass is 35.5. The third-order valence-corrected chi connectivity index (χ3v) is 3.97. The first-order valence-corrected chi connectivity index (χ1v) is 7.91. The third kappa shape index (κ3) is 3.44. The fourth-order valence-electron chi connectivity index (χ4n) is 2.54. The molecule has 24 heavy (non-hydrogen) atoms. The van der Waals surface area contributed by atoms with Crippen molar-refractivity contribution in [1.82, 2.24) is 0 Å². The zero-order chi connectivity index (χ0) is 16.9. The molecule has 5 heteroatoms. The molecule has 0 amide bonds. The first-order chi connectivity index (χ1) is 11.7. The van der Waals surface area contributed by atoms with Gasteiger partial charge in [0.15, 0.2) is 0 Å². The van der Waals surface area contributed by atoms with Crippen molar-refractivity contribution < 1.29 is 14.6 Å². The number of aromatic carboxylic acids is 1. The molecule has 0 atom stereocenters. The van der Waals surface area contributed by atoms with Crippen molar-refractivity contribution >= 4 is 34.0 Å². The topological polar surface area (TPSA) is 58.6 Å². The second kappa shape index (κ2) is 7.23. The number of anilines is 1. The number of carbonyl (C=O) groups is 1. The van der Waals surface area contributed by atoms with Crippen molar-refractivity contribution in [3.8, 4) is 5.75 Å². The monoisotopic (exact) mass is 341 g/mol. The molecule has 0 spiro atoms. The van der Waals surface area contributed by atoms with E-state index < -0.39 is 5.97 Å². The van der Waals surface area contributed by atoms with E-state index in [1.54, 1.807) is 12.1 Å². The van der Waals surface area contributed by atoms with E-state index >= 15 is 0 Å². The zero-order valence-corrected chi connectivity index (χ0v) is 13.6. The lowest BCUT2D eigenvalue weighted by molar-refractivity contribution is 0.0698. The minimum atomic E-state index is -1.02. The number of halogens is 1.